The number of rotatable bonds is 5. The minimum Gasteiger partial charge on any atom is -0.347 e. The van der Waals surface area contributed by atoms with Crippen LogP contribution in [0.5, 0.6) is 0 Å². The van der Waals surface area contributed by atoms with Crippen molar-refractivity contribution in [3.05, 3.63) is 65.5 Å². The normalized spacial score (nSPS) is 15.4. The number of amides is 2. The van der Waals surface area contributed by atoms with Gasteiger partial charge in [0, 0.05) is 26.2 Å². The van der Waals surface area contributed by atoms with Gasteiger partial charge in [-0.15, -0.1) is 0 Å². The van der Waals surface area contributed by atoms with Crippen LogP contribution in [0.25, 0.3) is 0 Å². The van der Waals surface area contributed by atoms with Crippen molar-refractivity contribution in [3.63, 3.8) is 0 Å². The average Bonchev–Trinajstić information content (AvgIpc) is 2.55. The highest BCUT2D eigenvalue weighted by Gasteiger charge is 2.35. The molecule has 2 amide bonds. The summed E-state index contributed by atoms with van der Waals surface area (Å²) in [6, 6.07) is 13.9. The van der Waals surface area contributed by atoms with Gasteiger partial charge in [-0.1, -0.05) is 35.9 Å². The van der Waals surface area contributed by atoms with Crippen LogP contribution in [0.15, 0.2) is 48.7 Å². The molecule has 1 fully saturated rings. The molecule has 0 aliphatic carbocycles. The predicted molar refractivity (Wildman–Crippen MR) is 95.7 cm³/mol. The van der Waals surface area contributed by atoms with E-state index in [1.54, 1.807) is 11.1 Å². The van der Waals surface area contributed by atoms with Crippen LogP contribution in [0.3, 0.4) is 0 Å². The maximum atomic E-state index is 12.5. The van der Waals surface area contributed by atoms with Crippen LogP contribution in [-0.4, -0.2) is 34.8 Å². The number of nitrogens with one attached hydrogen (secondary N) is 1. The second-order valence-corrected chi connectivity index (χ2v) is 6.63. The first-order chi connectivity index (χ1) is 12.0. The molecule has 3 rings (SSSR count). The van der Waals surface area contributed by atoms with E-state index in [9.17, 15) is 9.59 Å². The zero-order valence-electron chi connectivity index (χ0n) is 14.6. The van der Waals surface area contributed by atoms with Crippen molar-refractivity contribution in [2.75, 3.05) is 13.1 Å². The summed E-state index contributed by atoms with van der Waals surface area (Å²) < 4.78 is 0. The molecule has 25 heavy (non-hydrogen) atoms. The number of benzene rings is 1. The number of nitrogens with zero attached hydrogens (tertiary/aromatic N) is 2. The lowest BCUT2D eigenvalue weighted by Gasteiger charge is -2.38. The van der Waals surface area contributed by atoms with Crippen LogP contribution in [0, 0.1) is 12.8 Å². The lowest BCUT2D eigenvalue weighted by atomic mass is 9.96. The number of hydrogen-bond acceptors (Lipinski definition) is 3. The van der Waals surface area contributed by atoms with Crippen molar-refractivity contribution in [2.45, 2.75) is 26.3 Å². The summed E-state index contributed by atoms with van der Waals surface area (Å²) in [7, 11) is 0. The minimum atomic E-state index is -0.178. The van der Waals surface area contributed by atoms with Gasteiger partial charge in [0.05, 0.1) is 17.7 Å². The molecule has 1 aliphatic heterocycles. The van der Waals surface area contributed by atoms with E-state index in [0.29, 0.717) is 19.5 Å². The maximum absolute atomic E-state index is 12.5. The Morgan fingerprint density at radius 3 is 2.52 bits per heavy atom. The van der Waals surface area contributed by atoms with Gasteiger partial charge in [0.2, 0.25) is 11.8 Å². The fourth-order valence-electron chi connectivity index (χ4n) is 2.96. The molecule has 1 N–H and O–H groups in total. The number of hydrogen-bond donors (Lipinski definition) is 1. The van der Waals surface area contributed by atoms with Gasteiger partial charge >= 0.3 is 0 Å². The first-order valence-corrected chi connectivity index (χ1v) is 8.55. The Morgan fingerprint density at radius 2 is 1.92 bits per heavy atom. The van der Waals surface area contributed by atoms with Gasteiger partial charge in [-0.2, -0.15) is 0 Å². The molecular formula is C20H23N3O2. The van der Waals surface area contributed by atoms with E-state index >= 15 is 0 Å². The number of aryl methyl sites for hydroxylation is 1. The van der Waals surface area contributed by atoms with E-state index in [1.807, 2.05) is 18.2 Å². The smallest absolute Gasteiger partial charge is 0.227 e. The van der Waals surface area contributed by atoms with Gasteiger partial charge in [-0.25, -0.2) is 0 Å². The highest BCUT2D eigenvalue weighted by molar-refractivity contribution is 5.83. The van der Waals surface area contributed by atoms with Gasteiger partial charge in [-0.3, -0.25) is 14.6 Å². The quantitative estimate of drug-likeness (QED) is 0.910. The summed E-state index contributed by atoms with van der Waals surface area (Å²) >= 11 is 0. The molecule has 2 heterocycles. The number of carbonyl (C=O) groups excluding carboxylic acids is 2. The van der Waals surface area contributed by atoms with Crippen LogP contribution in [0.1, 0.15) is 29.8 Å². The monoisotopic (exact) mass is 337 g/mol. The number of pyridine rings is 1. The Kier molecular flexibility index (Phi) is 5.12. The predicted octanol–water partition coefficient (Wildman–Crippen LogP) is 2.27. The second kappa shape index (κ2) is 7.47. The van der Waals surface area contributed by atoms with Crippen molar-refractivity contribution in [1.29, 1.82) is 0 Å². The fourth-order valence-corrected chi connectivity index (χ4v) is 2.96. The maximum Gasteiger partial charge on any atom is 0.227 e. The van der Waals surface area contributed by atoms with Crippen molar-refractivity contribution in [2.24, 2.45) is 5.92 Å². The second-order valence-electron chi connectivity index (χ2n) is 6.63. The Hall–Kier alpha value is -2.69. The van der Waals surface area contributed by atoms with Gasteiger partial charge < -0.3 is 10.2 Å². The molecule has 1 aromatic heterocycles. The highest BCUT2D eigenvalue weighted by Crippen LogP contribution is 2.21. The van der Waals surface area contributed by atoms with E-state index in [4.69, 9.17) is 0 Å². The summed E-state index contributed by atoms with van der Waals surface area (Å²) in [5.41, 5.74) is 3.21. The van der Waals surface area contributed by atoms with E-state index in [2.05, 4.69) is 41.5 Å². The summed E-state index contributed by atoms with van der Waals surface area (Å²) in [4.78, 5) is 29.9. The van der Waals surface area contributed by atoms with Crippen LogP contribution < -0.4 is 5.32 Å². The average molecular weight is 337 g/mol. The fraction of sp³-hybridized carbons (Fsp3) is 0.350. The van der Waals surface area contributed by atoms with Crippen molar-refractivity contribution in [3.8, 4) is 0 Å². The zero-order valence-corrected chi connectivity index (χ0v) is 14.6. The Labute approximate surface area is 148 Å². The number of aromatic nitrogens is 1. The van der Waals surface area contributed by atoms with Crippen molar-refractivity contribution >= 4 is 11.8 Å². The molecule has 1 aromatic carbocycles. The van der Waals surface area contributed by atoms with Gasteiger partial charge in [0.15, 0.2) is 0 Å². The first-order valence-electron chi connectivity index (χ1n) is 8.55. The summed E-state index contributed by atoms with van der Waals surface area (Å²) in [5.74, 6) is -0.127. The summed E-state index contributed by atoms with van der Waals surface area (Å²) in [6.07, 6.45) is 2.43. The van der Waals surface area contributed by atoms with Crippen LogP contribution in [0.4, 0.5) is 0 Å². The van der Waals surface area contributed by atoms with Crippen molar-refractivity contribution < 1.29 is 9.59 Å². The molecule has 1 saturated heterocycles. The molecule has 1 atom stereocenters. The molecular weight excluding hydrogens is 314 g/mol. The molecule has 5 heteroatoms. The third-order valence-corrected chi connectivity index (χ3v) is 4.62. The third kappa shape index (κ3) is 4.24. The molecule has 1 aliphatic rings. The SMILES string of the molecule is CC(=O)N1CC(C(=O)NC(Cc2ccc(C)cc2)c2ccccn2)C1. The molecule has 0 radical (unpaired) electrons. The zero-order chi connectivity index (χ0) is 17.8. The standard InChI is InChI=1S/C20H23N3O2/c1-14-6-8-16(9-7-14)11-19(18-5-3-4-10-21-18)22-20(25)17-12-23(13-17)15(2)24/h3-10,17,19H,11-13H2,1-2H3,(H,22,25). The molecule has 130 valence electrons. The topological polar surface area (TPSA) is 62.3 Å². The minimum absolute atomic E-state index is 0.0136. The lowest BCUT2D eigenvalue weighted by Crippen LogP contribution is -2.55. The summed E-state index contributed by atoms with van der Waals surface area (Å²) in [6.45, 7) is 4.59. The van der Waals surface area contributed by atoms with Gasteiger partial charge in [0.25, 0.3) is 0 Å². The number of carbonyl (C=O) groups is 2. The van der Waals surface area contributed by atoms with E-state index in [1.165, 1.54) is 12.5 Å². The molecule has 0 spiro atoms. The van der Waals surface area contributed by atoms with E-state index in [0.717, 1.165) is 11.3 Å². The molecule has 0 bridgehead atoms. The third-order valence-electron chi connectivity index (χ3n) is 4.62. The van der Waals surface area contributed by atoms with Gasteiger partial charge in [-0.05, 0) is 31.0 Å². The first kappa shape index (κ1) is 17.1. The van der Waals surface area contributed by atoms with E-state index < -0.39 is 0 Å². The van der Waals surface area contributed by atoms with E-state index in [-0.39, 0.29) is 23.8 Å². The largest absolute Gasteiger partial charge is 0.347 e. The van der Waals surface area contributed by atoms with Crippen molar-refractivity contribution in [1.82, 2.24) is 15.2 Å². The van der Waals surface area contributed by atoms with Crippen LogP contribution in [0.2, 0.25) is 0 Å². The molecule has 0 saturated carbocycles. The number of likely N-dealkylation sites (tertiary alicyclic amines) is 1. The Morgan fingerprint density at radius 1 is 1.20 bits per heavy atom. The van der Waals surface area contributed by atoms with Gasteiger partial charge in [0.1, 0.15) is 0 Å². The Balaban J connectivity index is 1.70. The summed E-state index contributed by atoms with van der Waals surface area (Å²) in [5, 5.41) is 3.12. The van der Waals surface area contributed by atoms with Crippen LogP contribution >= 0.6 is 0 Å². The Bertz CT molecular complexity index is 737. The highest BCUT2D eigenvalue weighted by atomic mass is 16.2. The molecule has 1 unspecified atom stereocenters. The lowest BCUT2D eigenvalue weighted by molar-refractivity contribution is -0.141. The molecule has 5 nitrogen and oxygen atoms in total. The molecule has 2 aromatic rings. The van der Waals surface area contributed by atoms with Crippen LogP contribution in [-0.2, 0) is 16.0 Å².